The number of ether oxygens (including phenoxy) is 5. The number of amides is 3. The standard InChI is InChI=1S/C25H45N3O10.2CH4/c1-25(2,3)38-24(33)26-11-7-13-36-16-17-37-23(32)28-19-21(30)9-10-22(31)27-18-20(29)8-5-6-12-35-15-14-34-4;;/h5-19H2,1-4H3,(H,26,33)(H,27,31)(H,28,32);2*1H4. The first-order chi connectivity index (χ1) is 18.0. The smallest absolute Gasteiger partial charge is 0.407 e. The molecule has 0 aromatic rings. The Labute approximate surface area is 239 Å². The van der Waals surface area contributed by atoms with Crippen LogP contribution in [0.4, 0.5) is 9.59 Å². The van der Waals surface area contributed by atoms with Crippen molar-refractivity contribution < 1.29 is 47.7 Å². The lowest BCUT2D eigenvalue weighted by Gasteiger charge is -2.19. The van der Waals surface area contributed by atoms with Gasteiger partial charge in [-0.1, -0.05) is 14.9 Å². The number of alkyl carbamates (subject to hydrolysis) is 2. The van der Waals surface area contributed by atoms with Crippen LogP contribution < -0.4 is 16.0 Å². The lowest BCUT2D eigenvalue weighted by Crippen LogP contribution is -2.33. The first-order valence-corrected chi connectivity index (χ1v) is 12.9. The van der Waals surface area contributed by atoms with Gasteiger partial charge >= 0.3 is 12.2 Å². The number of carbonyl (C=O) groups excluding carboxylic acids is 5. The summed E-state index contributed by atoms with van der Waals surface area (Å²) in [6, 6.07) is 0. The van der Waals surface area contributed by atoms with Crippen LogP contribution in [-0.4, -0.2) is 102 Å². The fourth-order valence-corrected chi connectivity index (χ4v) is 2.68. The molecular weight excluding hydrogens is 526 g/mol. The summed E-state index contributed by atoms with van der Waals surface area (Å²) in [5.74, 6) is -0.839. The van der Waals surface area contributed by atoms with Crippen LogP contribution in [0.2, 0.25) is 0 Å². The van der Waals surface area contributed by atoms with Crippen molar-refractivity contribution in [3.05, 3.63) is 0 Å². The van der Waals surface area contributed by atoms with E-state index in [-0.39, 0.29) is 65.6 Å². The molecular formula is C27H53N3O10. The summed E-state index contributed by atoms with van der Waals surface area (Å²) in [5.41, 5.74) is -0.555. The van der Waals surface area contributed by atoms with Crippen molar-refractivity contribution in [3.8, 4) is 0 Å². The summed E-state index contributed by atoms with van der Waals surface area (Å²) in [7, 11) is 1.60. The van der Waals surface area contributed by atoms with Gasteiger partial charge in [0.2, 0.25) is 5.91 Å². The van der Waals surface area contributed by atoms with Crippen LogP contribution >= 0.6 is 0 Å². The molecule has 0 fully saturated rings. The lowest BCUT2D eigenvalue weighted by molar-refractivity contribution is -0.127. The molecule has 0 radical (unpaired) electrons. The molecule has 3 amide bonds. The number of ketones is 2. The molecule has 0 spiro atoms. The predicted octanol–water partition coefficient (Wildman–Crippen LogP) is 2.78. The van der Waals surface area contributed by atoms with Gasteiger partial charge in [-0.15, -0.1) is 0 Å². The minimum absolute atomic E-state index is 0. The van der Waals surface area contributed by atoms with E-state index in [1.165, 1.54) is 0 Å². The monoisotopic (exact) mass is 579 g/mol. The van der Waals surface area contributed by atoms with E-state index in [1.807, 2.05) is 0 Å². The summed E-state index contributed by atoms with van der Waals surface area (Å²) in [6.07, 6.45) is 0.906. The van der Waals surface area contributed by atoms with Crippen LogP contribution in [0.5, 0.6) is 0 Å². The SMILES string of the molecule is C.C.COCCOCCCCC(=O)CNC(=O)CCC(=O)CNC(=O)OCCOCCCNC(=O)OC(C)(C)C. The molecule has 13 nitrogen and oxygen atoms in total. The van der Waals surface area contributed by atoms with Gasteiger partial charge in [0.1, 0.15) is 12.2 Å². The predicted molar refractivity (Wildman–Crippen MR) is 151 cm³/mol. The average Bonchev–Trinajstić information content (AvgIpc) is 2.84. The molecule has 0 aromatic heterocycles. The molecule has 40 heavy (non-hydrogen) atoms. The first kappa shape index (κ1) is 41.7. The van der Waals surface area contributed by atoms with E-state index in [4.69, 9.17) is 23.7 Å². The van der Waals surface area contributed by atoms with Crippen molar-refractivity contribution in [2.45, 2.75) is 79.8 Å². The Morgan fingerprint density at radius 1 is 0.625 bits per heavy atom. The average molecular weight is 580 g/mol. The highest BCUT2D eigenvalue weighted by Gasteiger charge is 2.15. The number of nitrogens with one attached hydrogen (secondary N) is 3. The molecule has 0 unspecified atom stereocenters. The van der Waals surface area contributed by atoms with Crippen LogP contribution in [0, 0.1) is 0 Å². The molecule has 13 heteroatoms. The Hall–Kier alpha value is -2.77. The molecule has 0 rings (SSSR count). The number of hydrogen-bond donors (Lipinski definition) is 3. The van der Waals surface area contributed by atoms with E-state index in [2.05, 4.69) is 16.0 Å². The fourth-order valence-electron chi connectivity index (χ4n) is 2.68. The van der Waals surface area contributed by atoms with Crippen LogP contribution in [-0.2, 0) is 38.1 Å². The molecule has 0 heterocycles. The molecule has 0 aromatic carbocycles. The fraction of sp³-hybridized carbons (Fsp3) is 0.815. The molecule has 0 saturated heterocycles. The van der Waals surface area contributed by atoms with E-state index in [9.17, 15) is 24.0 Å². The highest BCUT2D eigenvalue weighted by atomic mass is 16.6. The normalized spacial score (nSPS) is 10.4. The minimum atomic E-state index is -0.771. The minimum Gasteiger partial charge on any atom is -0.447 e. The third kappa shape index (κ3) is 29.8. The quantitative estimate of drug-likeness (QED) is 0.162. The Balaban J connectivity index is -0.00000684. The maximum atomic E-state index is 11.9. The zero-order valence-electron chi connectivity index (χ0n) is 23.2. The van der Waals surface area contributed by atoms with Crippen molar-refractivity contribution in [1.82, 2.24) is 16.0 Å². The molecule has 0 aliphatic rings. The summed E-state index contributed by atoms with van der Waals surface area (Å²) < 4.78 is 25.5. The summed E-state index contributed by atoms with van der Waals surface area (Å²) >= 11 is 0. The Bertz CT molecular complexity index is 711. The van der Waals surface area contributed by atoms with E-state index in [1.54, 1.807) is 27.9 Å². The number of methoxy groups -OCH3 is 1. The molecule has 0 saturated carbocycles. The van der Waals surface area contributed by atoms with Crippen molar-refractivity contribution in [3.63, 3.8) is 0 Å². The van der Waals surface area contributed by atoms with Gasteiger partial charge in [-0.05, 0) is 40.0 Å². The number of carbonyl (C=O) groups is 5. The van der Waals surface area contributed by atoms with Gasteiger partial charge in [0.15, 0.2) is 11.6 Å². The van der Waals surface area contributed by atoms with Crippen molar-refractivity contribution in [1.29, 1.82) is 0 Å². The zero-order valence-corrected chi connectivity index (χ0v) is 23.2. The van der Waals surface area contributed by atoms with Crippen LogP contribution in [0.3, 0.4) is 0 Å². The largest absolute Gasteiger partial charge is 0.447 e. The molecule has 0 aliphatic carbocycles. The zero-order chi connectivity index (χ0) is 28.7. The second-order valence-electron chi connectivity index (χ2n) is 9.30. The second-order valence-corrected chi connectivity index (χ2v) is 9.30. The van der Waals surface area contributed by atoms with E-state index in [0.717, 1.165) is 6.42 Å². The molecule has 0 aliphatic heterocycles. The molecule has 0 atom stereocenters. The van der Waals surface area contributed by atoms with Crippen LogP contribution in [0.25, 0.3) is 0 Å². The Morgan fingerprint density at radius 2 is 1.23 bits per heavy atom. The van der Waals surface area contributed by atoms with Gasteiger partial charge in [-0.25, -0.2) is 9.59 Å². The number of unbranched alkanes of at least 4 members (excludes halogenated alkanes) is 1. The highest BCUT2D eigenvalue weighted by Crippen LogP contribution is 2.06. The van der Waals surface area contributed by atoms with Gasteiger partial charge in [-0.3, -0.25) is 14.4 Å². The third-order valence-electron chi connectivity index (χ3n) is 4.56. The van der Waals surface area contributed by atoms with Crippen molar-refractivity contribution in [2.24, 2.45) is 0 Å². The lowest BCUT2D eigenvalue weighted by atomic mass is 10.1. The Morgan fingerprint density at radius 3 is 1.88 bits per heavy atom. The molecule has 0 bridgehead atoms. The highest BCUT2D eigenvalue weighted by molar-refractivity contribution is 5.90. The maximum absolute atomic E-state index is 11.9. The van der Waals surface area contributed by atoms with Gasteiger partial charge in [0.05, 0.1) is 32.9 Å². The van der Waals surface area contributed by atoms with Crippen molar-refractivity contribution in [2.75, 3.05) is 66.4 Å². The number of Topliss-reactive ketones (excluding diaryl/α,β-unsaturated/α-hetero) is 2. The maximum Gasteiger partial charge on any atom is 0.407 e. The summed E-state index contributed by atoms with van der Waals surface area (Å²) in [5, 5.41) is 7.41. The van der Waals surface area contributed by atoms with E-state index < -0.39 is 23.7 Å². The molecule has 236 valence electrons. The number of rotatable bonds is 22. The van der Waals surface area contributed by atoms with Gasteiger partial charge in [-0.2, -0.15) is 0 Å². The summed E-state index contributed by atoms with van der Waals surface area (Å²) in [6.45, 7) is 7.49. The van der Waals surface area contributed by atoms with E-state index in [0.29, 0.717) is 52.2 Å². The number of hydrogen-bond acceptors (Lipinski definition) is 10. The van der Waals surface area contributed by atoms with Gasteiger partial charge in [0, 0.05) is 46.1 Å². The first-order valence-electron chi connectivity index (χ1n) is 12.9. The Kier molecular flexibility index (Phi) is 27.6. The van der Waals surface area contributed by atoms with E-state index >= 15 is 0 Å². The second kappa shape index (κ2) is 26.5. The third-order valence-corrected chi connectivity index (χ3v) is 4.56. The van der Waals surface area contributed by atoms with Crippen LogP contribution in [0.1, 0.15) is 74.1 Å². The van der Waals surface area contributed by atoms with Gasteiger partial charge < -0.3 is 39.6 Å². The van der Waals surface area contributed by atoms with Crippen molar-refractivity contribution >= 4 is 29.7 Å². The molecule has 3 N–H and O–H groups in total. The van der Waals surface area contributed by atoms with Crippen LogP contribution in [0.15, 0.2) is 0 Å². The summed E-state index contributed by atoms with van der Waals surface area (Å²) in [4.78, 5) is 58.6. The van der Waals surface area contributed by atoms with Gasteiger partial charge in [0.25, 0.3) is 0 Å². The topological polar surface area (TPSA) is 168 Å².